The van der Waals surface area contributed by atoms with E-state index in [0.29, 0.717) is 47.6 Å². The molecular weight excluding hydrogens is 387 g/mol. The molecule has 4 nitrogen and oxygen atoms in total. The Bertz CT molecular complexity index is 1090. The molecule has 0 atom stereocenters. The van der Waals surface area contributed by atoms with Gasteiger partial charge in [-0.3, -0.25) is 9.59 Å². The van der Waals surface area contributed by atoms with Crippen molar-refractivity contribution in [2.75, 3.05) is 26.2 Å². The van der Waals surface area contributed by atoms with Crippen molar-refractivity contribution in [1.29, 1.82) is 0 Å². The summed E-state index contributed by atoms with van der Waals surface area (Å²) in [6, 6.07) is 12.5. The van der Waals surface area contributed by atoms with Gasteiger partial charge in [0.2, 0.25) is 0 Å². The second kappa shape index (κ2) is 7.95. The lowest BCUT2D eigenvalue weighted by Crippen LogP contribution is -2.37. The van der Waals surface area contributed by atoms with Crippen molar-refractivity contribution in [3.8, 4) is 0 Å². The molecule has 29 heavy (non-hydrogen) atoms. The van der Waals surface area contributed by atoms with Gasteiger partial charge in [0.1, 0.15) is 5.82 Å². The number of rotatable bonds is 2. The maximum absolute atomic E-state index is 14.2. The van der Waals surface area contributed by atoms with Crippen molar-refractivity contribution in [1.82, 2.24) is 9.80 Å². The average molecular weight is 411 g/mol. The normalized spacial score (nSPS) is 14.9. The molecule has 0 spiro atoms. The molecule has 1 fully saturated rings. The molecular formula is C23H23FN2O2S. The molecule has 2 amide bonds. The van der Waals surface area contributed by atoms with Gasteiger partial charge in [0, 0.05) is 41.8 Å². The molecule has 1 aliphatic heterocycles. The summed E-state index contributed by atoms with van der Waals surface area (Å²) >= 11 is 1.34. The predicted molar refractivity (Wildman–Crippen MR) is 114 cm³/mol. The highest BCUT2D eigenvalue weighted by atomic mass is 32.1. The highest BCUT2D eigenvalue weighted by Crippen LogP contribution is 2.33. The number of thiophene rings is 1. The molecule has 6 heteroatoms. The minimum Gasteiger partial charge on any atom is -0.337 e. The quantitative estimate of drug-likeness (QED) is 0.617. The molecule has 1 aliphatic rings. The Labute approximate surface area is 173 Å². The van der Waals surface area contributed by atoms with Crippen LogP contribution in [0, 0.1) is 19.7 Å². The van der Waals surface area contributed by atoms with Gasteiger partial charge in [0.25, 0.3) is 11.8 Å². The Morgan fingerprint density at radius 1 is 0.931 bits per heavy atom. The molecule has 0 radical (unpaired) electrons. The van der Waals surface area contributed by atoms with Crippen LogP contribution in [0.2, 0.25) is 0 Å². The summed E-state index contributed by atoms with van der Waals surface area (Å²) in [5.74, 6) is -0.364. The highest BCUT2D eigenvalue weighted by Gasteiger charge is 2.26. The molecule has 1 aromatic heterocycles. The lowest BCUT2D eigenvalue weighted by Gasteiger charge is -2.22. The van der Waals surface area contributed by atoms with Gasteiger partial charge in [-0.2, -0.15) is 0 Å². The van der Waals surface area contributed by atoms with Gasteiger partial charge in [-0.25, -0.2) is 4.39 Å². The molecule has 150 valence electrons. The van der Waals surface area contributed by atoms with E-state index in [4.69, 9.17) is 0 Å². The van der Waals surface area contributed by atoms with E-state index in [1.807, 2.05) is 42.2 Å². The number of nitrogens with zero attached hydrogens (tertiary/aromatic N) is 2. The minimum atomic E-state index is -0.291. The number of fused-ring (bicyclic) bond motifs is 1. The van der Waals surface area contributed by atoms with Crippen molar-refractivity contribution in [2.45, 2.75) is 20.3 Å². The van der Waals surface area contributed by atoms with Crippen LogP contribution in [0.25, 0.3) is 10.1 Å². The minimum absolute atomic E-state index is 0.00288. The third-order valence-corrected chi connectivity index (χ3v) is 6.68. The first kappa shape index (κ1) is 19.6. The van der Waals surface area contributed by atoms with Crippen molar-refractivity contribution in [3.05, 3.63) is 69.8 Å². The molecule has 0 aliphatic carbocycles. The topological polar surface area (TPSA) is 40.6 Å². The maximum atomic E-state index is 14.2. The average Bonchev–Trinajstić information content (AvgIpc) is 2.89. The fraction of sp³-hybridized carbons (Fsp3) is 0.304. The predicted octanol–water partition coefficient (Wildman–Crippen LogP) is 4.65. The van der Waals surface area contributed by atoms with Gasteiger partial charge < -0.3 is 9.80 Å². The van der Waals surface area contributed by atoms with Gasteiger partial charge in [-0.05, 0) is 50.1 Å². The van der Waals surface area contributed by atoms with Gasteiger partial charge >= 0.3 is 0 Å². The molecule has 2 heterocycles. The van der Waals surface area contributed by atoms with E-state index < -0.39 is 0 Å². The number of halogens is 1. The van der Waals surface area contributed by atoms with Crippen LogP contribution in [0.4, 0.5) is 4.39 Å². The van der Waals surface area contributed by atoms with Crippen LogP contribution < -0.4 is 0 Å². The lowest BCUT2D eigenvalue weighted by atomic mass is 10.1. The van der Waals surface area contributed by atoms with Crippen molar-refractivity contribution in [2.24, 2.45) is 0 Å². The number of hydrogen-bond acceptors (Lipinski definition) is 3. The number of hydrogen-bond donors (Lipinski definition) is 0. The zero-order valence-corrected chi connectivity index (χ0v) is 17.4. The van der Waals surface area contributed by atoms with E-state index in [-0.39, 0.29) is 17.6 Å². The van der Waals surface area contributed by atoms with Gasteiger partial charge in [-0.15, -0.1) is 11.3 Å². The van der Waals surface area contributed by atoms with Gasteiger partial charge in [0.15, 0.2) is 0 Å². The lowest BCUT2D eigenvalue weighted by molar-refractivity contribution is 0.0721. The van der Waals surface area contributed by atoms with Crippen LogP contribution in [0.5, 0.6) is 0 Å². The molecule has 0 N–H and O–H groups in total. The smallest absolute Gasteiger partial charge is 0.264 e. The summed E-state index contributed by atoms with van der Waals surface area (Å²) in [5.41, 5.74) is 2.43. The Balaban J connectivity index is 1.51. The molecule has 0 saturated carbocycles. The Morgan fingerprint density at radius 3 is 2.31 bits per heavy atom. The van der Waals surface area contributed by atoms with E-state index in [1.54, 1.807) is 17.9 Å². The van der Waals surface area contributed by atoms with E-state index in [1.165, 1.54) is 17.4 Å². The van der Waals surface area contributed by atoms with Gasteiger partial charge in [0.05, 0.1) is 4.88 Å². The first-order valence-corrected chi connectivity index (χ1v) is 10.6. The first-order valence-electron chi connectivity index (χ1n) is 9.78. The van der Waals surface area contributed by atoms with Gasteiger partial charge in [-0.1, -0.05) is 23.8 Å². The Hall–Kier alpha value is -2.73. The zero-order chi connectivity index (χ0) is 20.5. The van der Waals surface area contributed by atoms with Crippen LogP contribution in [0.15, 0.2) is 42.5 Å². The largest absolute Gasteiger partial charge is 0.337 e. The standard InChI is InChI=1S/C23H23FN2O2S/c1-15-6-3-7-17(14-15)22(27)25-10-5-11-26(13-12-25)23(28)21-16(2)20-18(24)8-4-9-19(20)29-21/h3-4,6-9,14H,5,10-13H2,1-2H3. The molecule has 4 rings (SSSR count). The van der Waals surface area contributed by atoms with E-state index in [9.17, 15) is 14.0 Å². The number of benzene rings is 2. The van der Waals surface area contributed by atoms with Crippen LogP contribution in [-0.4, -0.2) is 47.8 Å². The van der Waals surface area contributed by atoms with E-state index in [2.05, 4.69) is 0 Å². The number of carbonyl (C=O) groups excluding carboxylic acids is 2. The summed E-state index contributed by atoms with van der Waals surface area (Å²) in [5, 5.41) is 0.534. The zero-order valence-electron chi connectivity index (χ0n) is 16.6. The van der Waals surface area contributed by atoms with Crippen molar-refractivity contribution < 1.29 is 14.0 Å². The number of amides is 2. The third-order valence-electron chi connectivity index (χ3n) is 5.43. The summed E-state index contributed by atoms with van der Waals surface area (Å²) < 4.78 is 15.0. The maximum Gasteiger partial charge on any atom is 0.264 e. The number of carbonyl (C=O) groups is 2. The van der Waals surface area contributed by atoms with Crippen LogP contribution >= 0.6 is 11.3 Å². The fourth-order valence-electron chi connectivity index (χ4n) is 3.89. The summed E-state index contributed by atoms with van der Waals surface area (Å²) in [4.78, 5) is 30.2. The first-order chi connectivity index (χ1) is 14.0. The molecule has 2 aromatic carbocycles. The van der Waals surface area contributed by atoms with Crippen LogP contribution in [-0.2, 0) is 0 Å². The summed E-state index contributed by atoms with van der Waals surface area (Å²) in [6.45, 7) is 5.96. The summed E-state index contributed by atoms with van der Waals surface area (Å²) in [6.07, 6.45) is 0.724. The van der Waals surface area contributed by atoms with Crippen LogP contribution in [0.1, 0.15) is 37.6 Å². The fourth-order valence-corrected chi connectivity index (χ4v) is 5.08. The Kier molecular flexibility index (Phi) is 5.37. The summed E-state index contributed by atoms with van der Waals surface area (Å²) in [7, 11) is 0. The monoisotopic (exact) mass is 410 g/mol. The van der Waals surface area contributed by atoms with Crippen LogP contribution in [0.3, 0.4) is 0 Å². The highest BCUT2D eigenvalue weighted by molar-refractivity contribution is 7.21. The van der Waals surface area contributed by atoms with E-state index in [0.717, 1.165) is 16.7 Å². The SMILES string of the molecule is Cc1cccc(C(=O)N2CCCN(C(=O)c3sc4cccc(F)c4c3C)CC2)c1. The van der Waals surface area contributed by atoms with E-state index >= 15 is 0 Å². The second-order valence-electron chi connectivity index (χ2n) is 7.48. The van der Waals surface area contributed by atoms with Crippen molar-refractivity contribution in [3.63, 3.8) is 0 Å². The third kappa shape index (κ3) is 3.77. The molecule has 0 bridgehead atoms. The van der Waals surface area contributed by atoms with Crippen molar-refractivity contribution >= 4 is 33.2 Å². The number of aryl methyl sites for hydroxylation is 2. The molecule has 3 aromatic rings. The molecule has 1 saturated heterocycles. The molecule has 0 unspecified atom stereocenters. The second-order valence-corrected chi connectivity index (χ2v) is 8.53. The Morgan fingerprint density at radius 2 is 1.62 bits per heavy atom.